The van der Waals surface area contributed by atoms with E-state index in [2.05, 4.69) is 14.9 Å². The Kier molecular flexibility index (Phi) is 3.55. The molecule has 3 heterocycles. The summed E-state index contributed by atoms with van der Waals surface area (Å²) < 4.78 is 5.33. The molecule has 0 bridgehead atoms. The summed E-state index contributed by atoms with van der Waals surface area (Å²) in [6, 6.07) is 0. The Balaban J connectivity index is 1.69. The normalized spacial score (nSPS) is 17.1. The summed E-state index contributed by atoms with van der Waals surface area (Å²) in [7, 11) is 0. The first-order valence-electron chi connectivity index (χ1n) is 5.77. The topological polar surface area (TPSA) is 64.3 Å². The zero-order valence-corrected chi connectivity index (χ0v) is 11.5. The van der Waals surface area contributed by atoms with Gasteiger partial charge in [-0.25, -0.2) is 9.97 Å². The average Bonchev–Trinajstić information content (AvgIpc) is 2.99. The summed E-state index contributed by atoms with van der Waals surface area (Å²) >= 11 is 3.13. The van der Waals surface area contributed by atoms with Crippen LogP contribution in [0.3, 0.4) is 0 Å². The van der Waals surface area contributed by atoms with Gasteiger partial charge in [0, 0.05) is 23.8 Å². The van der Waals surface area contributed by atoms with E-state index in [-0.39, 0.29) is 0 Å². The van der Waals surface area contributed by atoms with Crippen molar-refractivity contribution < 1.29 is 4.74 Å². The standard InChI is InChI=1S/C11H14N4OS2/c12-11-14-9(7-18-11)8-6-17-10(13-8)5-15-1-3-16-4-2-15/h6-7H,1-5H2,(H2,12,14). The van der Waals surface area contributed by atoms with Gasteiger partial charge in [0.2, 0.25) is 0 Å². The van der Waals surface area contributed by atoms with E-state index < -0.39 is 0 Å². The van der Waals surface area contributed by atoms with E-state index in [0.717, 1.165) is 49.2 Å². The maximum Gasteiger partial charge on any atom is 0.180 e. The van der Waals surface area contributed by atoms with Gasteiger partial charge < -0.3 is 10.5 Å². The fourth-order valence-corrected chi connectivity index (χ4v) is 3.24. The third-order valence-corrected chi connectivity index (χ3v) is 4.31. The fourth-order valence-electron chi connectivity index (χ4n) is 1.86. The molecule has 2 aromatic heterocycles. The van der Waals surface area contributed by atoms with Crippen molar-refractivity contribution in [3.63, 3.8) is 0 Å². The Hall–Kier alpha value is -1.02. The van der Waals surface area contributed by atoms with E-state index in [1.54, 1.807) is 11.3 Å². The second-order valence-electron chi connectivity index (χ2n) is 4.09. The zero-order valence-electron chi connectivity index (χ0n) is 9.83. The lowest BCUT2D eigenvalue weighted by atomic mass is 10.4. The number of ether oxygens (including phenoxy) is 1. The van der Waals surface area contributed by atoms with Crippen LogP contribution in [-0.2, 0) is 11.3 Å². The number of nitrogens with two attached hydrogens (primary N) is 1. The first kappa shape index (κ1) is 12.0. The van der Waals surface area contributed by atoms with Crippen molar-refractivity contribution in [1.82, 2.24) is 14.9 Å². The molecule has 2 N–H and O–H groups in total. The first-order chi connectivity index (χ1) is 8.81. The molecule has 18 heavy (non-hydrogen) atoms. The molecule has 1 fully saturated rings. The van der Waals surface area contributed by atoms with Crippen LogP contribution in [0.4, 0.5) is 5.13 Å². The predicted molar refractivity (Wildman–Crippen MR) is 73.7 cm³/mol. The average molecular weight is 282 g/mol. The van der Waals surface area contributed by atoms with Gasteiger partial charge in [-0.1, -0.05) is 0 Å². The van der Waals surface area contributed by atoms with Gasteiger partial charge in [0.15, 0.2) is 5.13 Å². The van der Waals surface area contributed by atoms with Gasteiger partial charge in [0.25, 0.3) is 0 Å². The van der Waals surface area contributed by atoms with Crippen molar-refractivity contribution in [2.24, 2.45) is 0 Å². The Morgan fingerprint density at radius 2 is 1.89 bits per heavy atom. The highest BCUT2D eigenvalue weighted by atomic mass is 32.1. The third-order valence-electron chi connectivity index (χ3n) is 2.80. The molecule has 1 aliphatic rings. The van der Waals surface area contributed by atoms with Crippen molar-refractivity contribution in [3.8, 4) is 11.4 Å². The summed E-state index contributed by atoms with van der Waals surface area (Å²) in [4.78, 5) is 11.2. The molecule has 96 valence electrons. The van der Waals surface area contributed by atoms with Crippen molar-refractivity contribution in [2.75, 3.05) is 32.0 Å². The van der Waals surface area contributed by atoms with Gasteiger partial charge in [0.05, 0.1) is 19.8 Å². The largest absolute Gasteiger partial charge is 0.379 e. The van der Waals surface area contributed by atoms with Gasteiger partial charge in [-0.15, -0.1) is 22.7 Å². The van der Waals surface area contributed by atoms with Crippen LogP contribution in [0.2, 0.25) is 0 Å². The Morgan fingerprint density at radius 3 is 2.61 bits per heavy atom. The molecular weight excluding hydrogens is 268 g/mol. The minimum atomic E-state index is 0.590. The van der Waals surface area contributed by atoms with Crippen molar-refractivity contribution in [3.05, 3.63) is 15.8 Å². The smallest absolute Gasteiger partial charge is 0.180 e. The van der Waals surface area contributed by atoms with E-state index >= 15 is 0 Å². The second-order valence-corrected chi connectivity index (χ2v) is 5.92. The number of aromatic nitrogens is 2. The molecule has 0 radical (unpaired) electrons. The fraction of sp³-hybridized carbons (Fsp3) is 0.455. The van der Waals surface area contributed by atoms with Gasteiger partial charge in [-0.3, -0.25) is 4.90 Å². The molecule has 0 aromatic carbocycles. The maximum absolute atomic E-state index is 5.63. The summed E-state index contributed by atoms with van der Waals surface area (Å²) in [5.41, 5.74) is 7.44. The molecule has 0 aliphatic carbocycles. The second kappa shape index (κ2) is 5.31. The highest BCUT2D eigenvalue weighted by Gasteiger charge is 2.14. The number of hydrogen-bond donors (Lipinski definition) is 1. The summed E-state index contributed by atoms with van der Waals surface area (Å²) in [6.45, 7) is 4.51. The van der Waals surface area contributed by atoms with Crippen LogP contribution < -0.4 is 5.73 Å². The molecule has 0 amide bonds. The molecule has 1 saturated heterocycles. The van der Waals surface area contributed by atoms with Crippen LogP contribution in [-0.4, -0.2) is 41.2 Å². The Labute approximate surface area is 113 Å². The van der Waals surface area contributed by atoms with Crippen LogP contribution in [0.1, 0.15) is 5.01 Å². The van der Waals surface area contributed by atoms with E-state index in [0.29, 0.717) is 5.13 Å². The van der Waals surface area contributed by atoms with E-state index in [4.69, 9.17) is 10.5 Å². The molecule has 0 saturated carbocycles. The first-order valence-corrected chi connectivity index (χ1v) is 7.53. The Bertz CT molecular complexity index is 519. The van der Waals surface area contributed by atoms with Crippen molar-refractivity contribution in [2.45, 2.75) is 6.54 Å². The van der Waals surface area contributed by atoms with Gasteiger partial charge >= 0.3 is 0 Å². The minimum absolute atomic E-state index is 0.590. The number of nitrogen functional groups attached to an aromatic ring is 1. The highest BCUT2D eigenvalue weighted by Crippen LogP contribution is 2.25. The van der Waals surface area contributed by atoms with Crippen LogP contribution >= 0.6 is 22.7 Å². The molecule has 7 heteroatoms. The molecule has 0 unspecified atom stereocenters. The van der Waals surface area contributed by atoms with Crippen LogP contribution in [0.25, 0.3) is 11.4 Å². The quantitative estimate of drug-likeness (QED) is 0.928. The van der Waals surface area contributed by atoms with Crippen LogP contribution in [0.5, 0.6) is 0 Å². The molecule has 1 aliphatic heterocycles. The molecular formula is C11H14N4OS2. The summed E-state index contributed by atoms with van der Waals surface area (Å²) in [5, 5.41) is 5.71. The van der Waals surface area contributed by atoms with Crippen LogP contribution in [0.15, 0.2) is 10.8 Å². The number of rotatable bonds is 3. The van der Waals surface area contributed by atoms with Crippen molar-refractivity contribution in [1.29, 1.82) is 0 Å². The Morgan fingerprint density at radius 1 is 1.17 bits per heavy atom. The lowest BCUT2D eigenvalue weighted by Crippen LogP contribution is -2.35. The van der Waals surface area contributed by atoms with E-state index in [9.17, 15) is 0 Å². The van der Waals surface area contributed by atoms with E-state index in [1.165, 1.54) is 11.3 Å². The molecule has 0 atom stereocenters. The number of morpholine rings is 1. The molecule has 3 rings (SSSR count). The van der Waals surface area contributed by atoms with Gasteiger partial charge in [-0.2, -0.15) is 0 Å². The molecule has 2 aromatic rings. The zero-order chi connectivity index (χ0) is 12.4. The third kappa shape index (κ3) is 2.69. The molecule has 5 nitrogen and oxygen atoms in total. The van der Waals surface area contributed by atoms with Gasteiger partial charge in [0.1, 0.15) is 16.4 Å². The van der Waals surface area contributed by atoms with Crippen LogP contribution in [0, 0.1) is 0 Å². The van der Waals surface area contributed by atoms with Crippen molar-refractivity contribution >= 4 is 27.8 Å². The highest BCUT2D eigenvalue weighted by molar-refractivity contribution is 7.14. The molecule has 0 spiro atoms. The maximum atomic E-state index is 5.63. The minimum Gasteiger partial charge on any atom is -0.379 e. The van der Waals surface area contributed by atoms with Gasteiger partial charge in [-0.05, 0) is 0 Å². The SMILES string of the molecule is Nc1nc(-c2csc(CN3CCOCC3)n2)cs1. The lowest BCUT2D eigenvalue weighted by Gasteiger charge is -2.25. The summed E-state index contributed by atoms with van der Waals surface area (Å²) in [5.74, 6) is 0. The monoisotopic (exact) mass is 282 g/mol. The van der Waals surface area contributed by atoms with E-state index in [1.807, 2.05) is 10.8 Å². The lowest BCUT2D eigenvalue weighted by molar-refractivity contribution is 0.0342. The number of anilines is 1. The predicted octanol–water partition coefficient (Wildman–Crippen LogP) is 1.68. The number of nitrogens with zero attached hydrogens (tertiary/aromatic N) is 3. The summed E-state index contributed by atoms with van der Waals surface area (Å²) in [6.07, 6.45) is 0. The number of thiazole rings is 2. The number of hydrogen-bond acceptors (Lipinski definition) is 7.